The van der Waals surface area contributed by atoms with Gasteiger partial charge in [0.1, 0.15) is 22.7 Å². The first-order chi connectivity index (χ1) is 14.5. The average Bonchev–Trinajstić information content (AvgIpc) is 3.31. The van der Waals surface area contributed by atoms with Crippen molar-refractivity contribution in [2.45, 2.75) is 33.2 Å². The van der Waals surface area contributed by atoms with E-state index in [0.29, 0.717) is 41.6 Å². The molecule has 1 aromatic carbocycles. The van der Waals surface area contributed by atoms with Gasteiger partial charge in [0.05, 0.1) is 13.2 Å². The number of aryl methyl sites for hydroxylation is 1. The van der Waals surface area contributed by atoms with Gasteiger partial charge in [0, 0.05) is 17.4 Å². The van der Waals surface area contributed by atoms with E-state index in [1.807, 2.05) is 24.3 Å². The van der Waals surface area contributed by atoms with Crippen LogP contribution in [0.2, 0.25) is 0 Å². The van der Waals surface area contributed by atoms with E-state index < -0.39 is 0 Å². The summed E-state index contributed by atoms with van der Waals surface area (Å²) in [6.07, 6.45) is 1.44. The Hall–Kier alpha value is -3.13. The number of nitrogens with one attached hydrogen (secondary N) is 1. The largest absolute Gasteiger partial charge is 0.462 e. The number of carbonyl (C=O) groups excluding carboxylic acids is 2. The molecule has 4 rings (SSSR count). The van der Waals surface area contributed by atoms with Crippen molar-refractivity contribution in [3.05, 3.63) is 47.4 Å². The summed E-state index contributed by atoms with van der Waals surface area (Å²) in [6, 6.07) is 9.18. The summed E-state index contributed by atoms with van der Waals surface area (Å²) in [6.45, 7) is 5.84. The zero-order valence-corrected chi connectivity index (χ0v) is 17.1. The number of amides is 1. The van der Waals surface area contributed by atoms with Crippen LogP contribution >= 0.6 is 0 Å². The van der Waals surface area contributed by atoms with Crippen LogP contribution in [-0.4, -0.2) is 41.6 Å². The van der Waals surface area contributed by atoms with Crippen LogP contribution in [-0.2, 0) is 16.1 Å². The van der Waals surface area contributed by atoms with Crippen molar-refractivity contribution < 1.29 is 23.3 Å². The Bertz CT molecular complexity index is 1050. The Morgan fingerprint density at radius 3 is 2.73 bits per heavy atom. The van der Waals surface area contributed by atoms with Gasteiger partial charge in [-0.2, -0.15) is 0 Å². The Morgan fingerprint density at radius 1 is 1.27 bits per heavy atom. The summed E-state index contributed by atoms with van der Waals surface area (Å²) < 4.78 is 16.2. The molecule has 1 saturated heterocycles. The van der Waals surface area contributed by atoms with Crippen molar-refractivity contribution in [1.82, 2.24) is 10.1 Å². The van der Waals surface area contributed by atoms with Gasteiger partial charge >= 0.3 is 5.97 Å². The second kappa shape index (κ2) is 8.71. The number of benzene rings is 1. The standard InChI is InChI=1S/C22H25N3O5/c1-3-28-22(27)20-16-6-4-5-7-17(16)29-18(20)13-25-10-8-15(9-11-25)21(26)23-19-12-14(2)30-24-19/h4-7,12,15H,3,8-11,13H2,1-2H3,(H,23,24,26). The Kier molecular flexibility index (Phi) is 5.85. The zero-order valence-electron chi connectivity index (χ0n) is 17.1. The summed E-state index contributed by atoms with van der Waals surface area (Å²) in [4.78, 5) is 27.2. The van der Waals surface area contributed by atoms with Crippen LogP contribution in [0.3, 0.4) is 0 Å². The summed E-state index contributed by atoms with van der Waals surface area (Å²) in [5, 5.41) is 7.39. The molecule has 1 aliphatic rings. The first kappa shape index (κ1) is 20.2. The first-order valence-electron chi connectivity index (χ1n) is 10.2. The van der Waals surface area contributed by atoms with Gasteiger partial charge in [-0.25, -0.2) is 4.79 Å². The number of aromatic nitrogens is 1. The molecule has 0 radical (unpaired) electrons. The minimum atomic E-state index is -0.366. The maximum atomic E-state index is 12.5. The number of hydrogen-bond acceptors (Lipinski definition) is 7. The highest BCUT2D eigenvalue weighted by atomic mass is 16.5. The molecular weight excluding hydrogens is 386 g/mol. The highest BCUT2D eigenvalue weighted by Gasteiger charge is 2.28. The van der Waals surface area contributed by atoms with E-state index in [1.54, 1.807) is 19.9 Å². The molecular formula is C22H25N3O5. The number of anilines is 1. The number of esters is 1. The van der Waals surface area contributed by atoms with E-state index in [9.17, 15) is 9.59 Å². The second-order valence-electron chi connectivity index (χ2n) is 7.48. The van der Waals surface area contributed by atoms with Crippen LogP contribution in [0.1, 0.15) is 41.6 Å². The van der Waals surface area contributed by atoms with E-state index in [1.165, 1.54) is 0 Å². The summed E-state index contributed by atoms with van der Waals surface area (Å²) >= 11 is 0. The first-order valence-corrected chi connectivity index (χ1v) is 10.2. The molecule has 2 aromatic heterocycles. The number of para-hydroxylation sites is 1. The van der Waals surface area contributed by atoms with Crippen LogP contribution in [0, 0.1) is 12.8 Å². The third-order valence-corrected chi connectivity index (χ3v) is 5.35. The summed E-state index contributed by atoms with van der Waals surface area (Å²) in [5.41, 5.74) is 1.17. The third-order valence-electron chi connectivity index (χ3n) is 5.35. The molecule has 1 aliphatic heterocycles. The highest BCUT2D eigenvalue weighted by molar-refractivity contribution is 6.04. The second-order valence-corrected chi connectivity index (χ2v) is 7.48. The fourth-order valence-corrected chi connectivity index (χ4v) is 3.84. The molecule has 3 heterocycles. The maximum absolute atomic E-state index is 12.5. The van der Waals surface area contributed by atoms with Gasteiger partial charge in [-0.05, 0) is 45.8 Å². The van der Waals surface area contributed by atoms with E-state index in [2.05, 4.69) is 15.4 Å². The molecule has 0 bridgehead atoms. The Balaban J connectivity index is 1.41. The van der Waals surface area contributed by atoms with Gasteiger partial charge in [-0.15, -0.1) is 0 Å². The number of piperidine rings is 1. The lowest BCUT2D eigenvalue weighted by molar-refractivity contribution is -0.121. The van der Waals surface area contributed by atoms with E-state index in [-0.39, 0.29) is 17.8 Å². The third kappa shape index (κ3) is 4.23. The molecule has 0 saturated carbocycles. The molecule has 0 atom stereocenters. The maximum Gasteiger partial charge on any atom is 0.342 e. The molecule has 158 valence electrons. The van der Waals surface area contributed by atoms with Gasteiger partial charge in [0.2, 0.25) is 5.91 Å². The van der Waals surface area contributed by atoms with Gasteiger partial charge in [0.25, 0.3) is 0 Å². The number of nitrogens with zero attached hydrogens (tertiary/aromatic N) is 2. The quantitative estimate of drug-likeness (QED) is 0.617. The molecule has 8 nitrogen and oxygen atoms in total. The topological polar surface area (TPSA) is 97.8 Å². The normalized spacial score (nSPS) is 15.4. The number of furan rings is 1. The molecule has 1 N–H and O–H groups in total. The van der Waals surface area contributed by atoms with Crippen molar-refractivity contribution in [1.29, 1.82) is 0 Å². The number of likely N-dealkylation sites (tertiary alicyclic amines) is 1. The number of carbonyl (C=O) groups is 2. The molecule has 1 amide bonds. The molecule has 0 spiro atoms. The minimum absolute atomic E-state index is 0.0427. The van der Waals surface area contributed by atoms with E-state index in [0.717, 1.165) is 31.3 Å². The predicted octanol–water partition coefficient (Wildman–Crippen LogP) is 3.76. The number of fused-ring (bicyclic) bond motifs is 1. The molecule has 0 unspecified atom stereocenters. The molecule has 3 aromatic rings. The number of ether oxygens (including phenoxy) is 1. The average molecular weight is 411 g/mol. The lowest BCUT2D eigenvalue weighted by Crippen LogP contribution is -2.38. The van der Waals surface area contributed by atoms with Gasteiger partial charge in [-0.1, -0.05) is 23.4 Å². The van der Waals surface area contributed by atoms with Crippen molar-refractivity contribution in [2.24, 2.45) is 5.92 Å². The number of rotatable bonds is 6. The van der Waals surface area contributed by atoms with Crippen molar-refractivity contribution in [2.75, 3.05) is 25.0 Å². The predicted molar refractivity (Wildman–Crippen MR) is 110 cm³/mol. The minimum Gasteiger partial charge on any atom is -0.462 e. The summed E-state index contributed by atoms with van der Waals surface area (Å²) in [7, 11) is 0. The highest BCUT2D eigenvalue weighted by Crippen LogP contribution is 2.29. The summed E-state index contributed by atoms with van der Waals surface area (Å²) in [5.74, 6) is 1.22. The molecule has 1 fully saturated rings. The SMILES string of the molecule is CCOC(=O)c1c(CN2CCC(C(=O)Nc3cc(C)on3)CC2)oc2ccccc12. The molecule has 30 heavy (non-hydrogen) atoms. The van der Waals surface area contributed by atoms with Crippen molar-refractivity contribution in [3.63, 3.8) is 0 Å². The van der Waals surface area contributed by atoms with Crippen LogP contribution < -0.4 is 5.32 Å². The fourth-order valence-electron chi connectivity index (χ4n) is 3.84. The van der Waals surface area contributed by atoms with Crippen molar-refractivity contribution in [3.8, 4) is 0 Å². The van der Waals surface area contributed by atoms with Gasteiger partial charge in [0.15, 0.2) is 5.82 Å². The zero-order chi connectivity index (χ0) is 21.1. The van der Waals surface area contributed by atoms with Gasteiger partial charge in [-0.3, -0.25) is 9.69 Å². The van der Waals surface area contributed by atoms with Crippen molar-refractivity contribution >= 4 is 28.7 Å². The Morgan fingerprint density at radius 2 is 2.03 bits per heavy atom. The van der Waals surface area contributed by atoms with Crippen LogP contribution in [0.5, 0.6) is 0 Å². The monoisotopic (exact) mass is 411 g/mol. The fraction of sp³-hybridized carbons (Fsp3) is 0.409. The molecule has 0 aliphatic carbocycles. The van der Waals surface area contributed by atoms with E-state index >= 15 is 0 Å². The number of hydrogen-bond donors (Lipinski definition) is 1. The van der Waals surface area contributed by atoms with Crippen LogP contribution in [0.15, 0.2) is 39.3 Å². The van der Waals surface area contributed by atoms with E-state index in [4.69, 9.17) is 13.7 Å². The lowest BCUT2D eigenvalue weighted by atomic mass is 9.95. The lowest BCUT2D eigenvalue weighted by Gasteiger charge is -2.30. The molecule has 8 heteroatoms. The van der Waals surface area contributed by atoms with Crippen LogP contribution in [0.4, 0.5) is 5.82 Å². The van der Waals surface area contributed by atoms with Gasteiger partial charge < -0.3 is 19.0 Å². The Labute approximate surface area is 174 Å². The smallest absolute Gasteiger partial charge is 0.342 e. The van der Waals surface area contributed by atoms with Crippen LogP contribution in [0.25, 0.3) is 11.0 Å².